The quantitative estimate of drug-likeness (QED) is 0.573. The molecule has 3 aromatic rings. The van der Waals surface area contributed by atoms with Gasteiger partial charge in [0.2, 0.25) is 5.91 Å². The Bertz CT molecular complexity index is 893. The van der Waals surface area contributed by atoms with Crippen LogP contribution in [0.4, 0.5) is 0 Å². The van der Waals surface area contributed by atoms with Crippen molar-refractivity contribution in [2.45, 2.75) is 6.54 Å². The lowest BCUT2D eigenvalue weighted by Crippen LogP contribution is -2.20. The van der Waals surface area contributed by atoms with Crippen LogP contribution in [-0.2, 0) is 6.54 Å². The molecule has 0 atom stereocenters. The Kier molecular flexibility index (Phi) is 6.47. The third kappa shape index (κ3) is 5.58. The van der Waals surface area contributed by atoms with Crippen LogP contribution in [0.1, 0.15) is 15.9 Å². The highest BCUT2D eigenvalue weighted by atomic mass is 35.5. The number of nitrogens with one attached hydrogen (secondary N) is 1. The van der Waals surface area contributed by atoms with E-state index in [9.17, 15) is 4.79 Å². The largest absolute Gasteiger partial charge is 0.492 e. The molecule has 0 aromatic heterocycles. The Labute approximate surface area is 163 Å². The lowest BCUT2D eigenvalue weighted by atomic mass is 10.0. The number of rotatable bonds is 8. The van der Waals surface area contributed by atoms with Crippen LogP contribution in [0.5, 0.6) is 5.75 Å². The fraction of sp³-hybridized carbons (Fsp3) is 0.136. The molecule has 0 saturated carbocycles. The molecule has 5 heteroatoms. The zero-order valence-corrected chi connectivity index (χ0v) is 15.6. The SMILES string of the molecule is NC(=O)c1cccc(-c2ccc(OCCNCc3ccc(Cl)cc3)cc2)c1. The highest BCUT2D eigenvalue weighted by Gasteiger charge is 2.04. The summed E-state index contributed by atoms with van der Waals surface area (Å²) in [4.78, 5) is 11.3. The van der Waals surface area contributed by atoms with Crippen LogP contribution in [0.25, 0.3) is 11.1 Å². The van der Waals surface area contributed by atoms with Crippen LogP contribution in [-0.4, -0.2) is 19.1 Å². The summed E-state index contributed by atoms with van der Waals surface area (Å²) in [5.74, 6) is 0.376. The number of amides is 1. The predicted molar refractivity (Wildman–Crippen MR) is 109 cm³/mol. The number of benzene rings is 3. The molecule has 3 N–H and O–H groups in total. The van der Waals surface area contributed by atoms with Crippen molar-refractivity contribution in [3.05, 3.63) is 88.9 Å². The Morgan fingerprint density at radius 1 is 0.963 bits per heavy atom. The zero-order valence-electron chi connectivity index (χ0n) is 14.8. The van der Waals surface area contributed by atoms with E-state index >= 15 is 0 Å². The summed E-state index contributed by atoms with van der Waals surface area (Å²) >= 11 is 5.87. The molecular formula is C22H21ClN2O2. The van der Waals surface area contributed by atoms with E-state index in [2.05, 4.69) is 5.32 Å². The summed E-state index contributed by atoms with van der Waals surface area (Å²) in [6, 6.07) is 22.8. The molecule has 0 spiro atoms. The van der Waals surface area contributed by atoms with Crippen molar-refractivity contribution in [1.82, 2.24) is 5.32 Å². The van der Waals surface area contributed by atoms with Gasteiger partial charge in [-0.2, -0.15) is 0 Å². The number of hydrogen-bond donors (Lipinski definition) is 2. The first-order valence-corrected chi connectivity index (χ1v) is 9.08. The van der Waals surface area contributed by atoms with E-state index in [4.69, 9.17) is 22.1 Å². The number of ether oxygens (including phenoxy) is 1. The molecule has 3 aromatic carbocycles. The molecule has 138 valence electrons. The average Bonchev–Trinajstić information content (AvgIpc) is 2.70. The summed E-state index contributed by atoms with van der Waals surface area (Å²) in [6.07, 6.45) is 0. The van der Waals surface area contributed by atoms with Crippen LogP contribution >= 0.6 is 11.6 Å². The van der Waals surface area contributed by atoms with Gasteiger partial charge in [-0.3, -0.25) is 4.79 Å². The highest BCUT2D eigenvalue weighted by molar-refractivity contribution is 6.30. The Hall–Kier alpha value is -2.82. The molecule has 27 heavy (non-hydrogen) atoms. The second-order valence-corrected chi connectivity index (χ2v) is 6.56. The summed E-state index contributed by atoms with van der Waals surface area (Å²) in [5.41, 5.74) is 8.97. The Morgan fingerprint density at radius 3 is 2.41 bits per heavy atom. The van der Waals surface area contributed by atoms with Crippen LogP contribution in [0, 0.1) is 0 Å². The van der Waals surface area contributed by atoms with Crippen molar-refractivity contribution >= 4 is 17.5 Å². The summed E-state index contributed by atoms with van der Waals surface area (Å²) < 4.78 is 5.76. The standard InChI is InChI=1S/C22H21ClN2O2/c23-20-8-4-16(5-9-20)15-25-12-13-27-21-10-6-17(7-11-21)18-2-1-3-19(14-18)22(24)26/h1-11,14,25H,12-13,15H2,(H2,24,26). The van der Waals surface area contributed by atoms with E-state index in [-0.39, 0.29) is 0 Å². The normalized spacial score (nSPS) is 10.6. The minimum atomic E-state index is -0.428. The smallest absolute Gasteiger partial charge is 0.248 e. The molecule has 3 rings (SSSR count). The molecule has 4 nitrogen and oxygen atoms in total. The van der Waals surface area contributed by atoms with Gasteiger partial charge in [0.25, 0.3) is 0 Å². The monoisotopic (exact) mass is 380 g/mol. The van der Waals surface area contributed by atoms with Crippen LogP contribution in [0.2, 0.25) is 5.02 Å². The lowest BCUT2D eigenvalue weighted by Gasteiger charge is -2.09. The van der Waals surface area contributed by atoms with E-state index in [0.29, 0.717) is 12.2 Å². The number of primary amides is 1. The molecule has 0 radical (unpaired) electrons. The maximum absolute atomic E-state index is 11.3. The van der Waals surface area contributed by atoms with E-state index in [1.807, 2.05) is 60.7 Å². The van der Waals surface area contributed by atoms with Gasteiger partial charge < -0.3 is 15.8 Å². The molecule has 0 aliphatic carbocycles. The van der Waals surface area contributed by atoms with Gasteiger partial charge >= 0.3 is 0 Å². The summed E-state index contributed by atoms with van der Waals surface area (Å²) in [7, 11) is 0. The maximum atomic E-state index is 11.3. The van der Waals surface area contributed by atoms with Crippen molar-refractivity contribution in [3.8, 4) is 16.9 Å². The number of hydrogen-bond acceptors (Lipinski definition) is 3. The van der Waals surface area contributed by atoms with Gasteiger partial charge in [0.1, 0.15) is 12.4 Å². The first-order chi connectivity index (χ1) is 13.1. The molecule has 0 saturated heterocycles. The Balaban J connectivity index is 1.47. The molecular weight excluding hydrogens is 360 g/mol. The average molecular weight is 381 g/mol. The van der Waals surface area contributed by atoms with E-state index in [1.54, 1.807) is 12.1 Å². The van der Waals surface area contributed by atoms with Crippen LogP contribution in [0.15, 0.2) is 72.8 Å². The van der Waals surface area contributed by atoms with Crippen molar-refractivity contribution in [3.63, 3.8) is 0 Å². The van der Waals surface area contributed by atoms with Crippen LogP contribution < -0.4 is 15.8 Å². The highest BCUT2D eigenvalue weighted by Crippen LogP contribution is 2.23. The Morgan fingerprint density at radius 2 is 1.70 bits per heavy atom. The van der Waals surface area contributed by atoms with Gasteiger partial charge in [-0.05, 0) is 53.1 Å². The van der Waals surface area contributed by atoms with Gasteiger partial charge in [-0.25, -0.2) is 0 Å². The van der Waals surface area contributed by atoms with Gasteiger partial charge in [0.15, 0.2) is 0 Å². The number of carbonyl (C=O) groups is 1. The third-order valence-electron chi connectivity index (χ3n) is 4.12. The fourth-order valence-corrected chi connectivity index (χ4v) is 2.80. The maximum Gasteiger partial charge on any atom is 0.248 e. The topological polar surface area (TPSA) is 64.4 Å². The second kappa shape index (κ2) is 9.21. The van der Waals surface area contributed by atoms with Crippen molar-refractivity contribution in [2.24, 2.45) is 5.73 Å². The van der Waals surface area contributed by atoms with Crippen molar-refractivity contribution in [1.29, 1.82) is 0 Å². The minimum absolute atomic E-state index is 0.428. The molecule has 0 aliphatic rings. The van der Waals surface area contributed by atoms with Crippen LogP contribution in [0.3, 0.4) is 0 Å². The summed E-state index contributed by atoms with van der Waals surface area (Å²) in [5, 5.41) is 4.08. The first-order valence-electron chi connectivity index (χ1n) is 8.70. The van der Waals surface area contributed by atoms with Gasteiger partial charge in [0, 0.05) is 23.7 Å². The predicted octanol–water partition coefficient (Wildman–Crippen LogP) is 4.27. The third-order valence-corrected chi connectivity index (χ3v) is 4.38. The number of nitrogens with two attached hydrogens (primary N) is 1. The molecule has 0 fully saturated rings. The molecule has 1 amide bonds. The molecule has 0 unspecified atom stereocenters. The fourth-order valence-electron chi connectivity index (χ4n) is 2.67. The lowest BCUT2D eigenvalue weighted by molar-refractivity contribution is 0.100. The summed E-state index contributed by atoms with van der Waals surface area (Å²) in [6.45, 7) is 2.09. The number of carbonyl (C=O) groups excluding carboxylic acids is 1. The zero-order chi connectivity index (χ0) is 19.1. The molecule has 0 bridgehead atoms. The van der Waals surface area contributed by atoms with Crippen molar-refractivity contribution in [2.75, 3.05) is 13.2 Å². The number of halogens is 1. The van der Waals surface area contributed by atoms with E-state index < -0.39 is 5.91 Å². The minimum Gasteiger partial charge on any atom is -0.492 e. The van der Waals surface area contributed by atoms with Gasteiger partial charge in [-0.1, -0.05) is 48.0 Å². The first kappa shape index (κ1) is 19.0. The van der Waals surface area contributed by atoms with E-state index in [0.717, 1.165) is 35.0 Å². The van der Waals surface area contributed by atoms with Gasteiger partial charge in [-0.15, -0.1) is 0 Å². The molecule has 0 aliphatic heterocycles. The van der Waals surface area contributed by atoms with Crippen molar-refractivity contribution < 1.29 is 9.53 Å². The van der Waals surface area contributed by atoms with Gasteiger partial charge in [0.05, 0.1) is 0 Å². The second-order valence-electron chi connectivity index (χ2n) is 6.12. The molecule has 0 heterocycles. The van der Waals surface area contributed by atoms with E-state index in [1.165, 1.54) is 5.56 Å².